The monoisotopic (exact) mass is 615 g/mol. The van der Waals surface area contributed by atoms with Gasteiger partial charge in [-0.2, -0.15) is 0 Å². The number of hydrogen-bond acceptors (Lipinski definition) is 7. The lowest BCUT2D eigenvalue weighted by Gasteiger charge is -2.71. The molecule has 5 aliphatic rings. The van der Waals surface area contributed by atoms with Crippen molar-refractivity contribution in [3.63, 3.8) is 0 Å². The van der Waals surface area contributed by atoms with Crippen LogP contribution in [0.3, 0.4) is 0 Å². The fourth-order valence-corrected chi connectivity index (χ4v) is 11.5. The Morgan fingerprint density at radius 3 is 2.32 bits per heavy atom. The SMILES string of the molecule is CCC(N)C(=O)O[C@H]1[C@H](OC(C)=O)C[C@]23COC[C@@]1(C)[C@@H]2CC[C@H]1C3=CC[C@@]2(C)[C@H](C(=O)O)[C@@](C)([C@H](C)C(C)C)CC[C@]12C. The van der Waals surface area contributed by atoms with Crippen molar-refractivity contribution < 1.29 is 33.7 Å². The van der Waals surface area contributed by atoms with Gasteiger partial charge in [-0.25, -0.2) is 0 Å². The molecule has 0 spiro atoms. The number of carboxylic acid groups (broad SMARTS) is 1. The van der Waals surface area contributed by atoms with Gasteiger partial charge >= 0.3 is 17.9 Å². The van der Waals surface area contributed by atoms with Gasteiger partial charge in [0.05, 0.1) is 19.1 Å². The summed E-state index contributed by atoms with van der Waals surface area (Å²) < 4.78 is 18.6. The molecule has 5 rings (SSSR count). The van der Waals surface area contributed by atoms with E-state index in [0.29, 0.717) is 38.4 Å². The van der Waals surface area contributed by atoms with Gasteiger partial charge in [0, 0.05) is 17.8 Å². The van der Waals surface area contributed by atoms with E-state index in [9.17, 15) is 19.5 Å². The molecule has 248 valence electrons. The Kier molecular flexibility index (Phi) is 8.44. The lowest BCUT2D eigenvalue weighted by molar-refractivity contribution is -0.263. The smallest absolute Gasteiger partial charge is 0.323 e. The van der Waals surface area contributed by atoms with Gasteiger partial charge < -0.3 is 25.1 Å². The summed E-state index contributed by atoms with van der Waals surface area (Å²) in [4.78, 5) is 38.8. The van der Waals surface area contributed by atoms with Gasteiger partial charge in [-0.15, -0.1) is 0 Å². The summed E-state index contributed by atoms with van der Waals surface area (Å²) in [7, 11) is 0. The normalized spacial score (nSPS) is 46.0. The first-order chi connectivity index (χ1) is 20.4. The molecule has 1 unspecified atom stereocenters. The molecule has 0 aromatic rings. The zero-order valence-corrected chi connectivity index (χ0v) is 28.5. The number of rotatable bonds is 7. The lowest BCUT2D eigenvalue weighted by atomic mass is 9.34. The van der Waals surface area contributed by atoms with Crippen LogP contribution in [0.25, 0.3) is 0 Å². The van der Waals surface area contributed by atoms with Crippen LogP contribution in [0, 0.1) is 56.7 Å². The molecule has 2 bridgehead atoms. The summed E-state index contributed by atoms with van der Waals surface area (Å²) in [5, 5.41) is 10.9. The quantitative estimate of drug-likeness (QED) is 0.258. The highest BCUT2D eigenvalue weighted by atomic mass is 16.6. The van der Waals surface area contributed by atoms with Gasteiger partial charge in [0.15, 0.2) is 0 Å². The molecule has 0 radical (unpaired) electrons. The summed E-state index contributed by atoms with van der Waals surface area (Å²) in [5.74, 6) is -0.949. The number of carbonyl (C=O) groups is 3. The maximum atomic E-state index is 13.3. The van der Waals surface area contributed by atoms with Crippen LogP contribution in [-0.2, 0) is 28.6 Å². The zero-order valence-electron chi connectivity index (χ0n) is 28.5. The zero-order chi connectivity index (χ0) is 32.6. The Bertz CT molecular complexity index is 1210. The van der Waals surface area contributed by atoms with Crippen LogP contribution in [0.5, 0.6) is 0 Å². The Morgan fingerprint density at radius 1 is 1.05 bits per heavy atom. The van der Waals surface area contributed by atoms with Crippen LogP contribution in [0.1, 0.15) is 107 Å². The number of aliphatic carboxylic acids is 1. The molecule has 8 heteroatoms. The molecule has 3 saturated carbocycles. The molecule has 0 aromatic carbocycles. The van der Waals surface area contributed by atoms with E-state index in [2.05, 4.69) is 54.5 Å². The molecule has 4 fully saturated rings. The van der Waals surface area contributed by atoms with Crippen molar-refractivity contribution in [1.29, 1.82) is 0 Å². The molecule has 4 aliphatic carbocycles. The number of fused-ring (bicyclic) bond motifs is 3. The summed E-state index contributed by atoms with van der Waals surface area (Å²) >= 11 is 0. The summed E-state index contributed by atoms with van der Waals surface area (Å²) in [5.41, 5.74) is 5.58. The molecular formula is C36H57NO7. The van der Waals surface area contributed by atoms with Gasteiger partial charge in [-0.1, -0.05) is 67.0 Å². The highest BCUT2D eigenvalue weighted by molar-refractivity contribution is 5.76. The summed E-state index contributed by atoms with van der Waals surface area (Å²) in [6.45, 7) is 19.9. The first-order valence-electron chi connectivity index (χ1n) is 17.1. The van der Waals surface area contributed by atoms with E-state index in [1.54, 1.807) is 0 Å². The average molecular weight is 616 g/mol. The minimum absolute atomic E-state index is 0.173. The van der Waals surface area contributed by atoms with Crippen molar-refractivity contribution in [3.8, 4) is 0 Å². The molecule has 1 heterocycles. The molecule has 12 atom stereocenters. The summed E-state index contributed by atoms with van der Waals surface area (Å²) in [6, 6.07) is -0.736. The minimum Gasteiger partial charge on any atom is -0.481 e. The van der Waals surface area contributed by atoms with Crippen molar-refractivity contribution in [2.75, 3.05) is 13.2 Å². The number of carbonyl (C=O) groups excluding carboxylic acids is 2. The van der Waals surface area contributed by atoms with Gasteiger partial charge in [-0.05, 0) is 84.9 Å². The molecular weight excluding hydrogens is 558 g/mol. The maximum Gasteiger partial charge on any atom is 0.323 e. The standard InChI is InChI=1S/C36H57NO7/c1-10-25(37)31(41)44-29-26(43-22(5)38)17-36-19-42-18-33(29,7)27(36)12-11-23-24(36)13-14-35(9)28(30(39)40)32(6,21(4)20(2)3)15-16-34(23,35)8/h13,20-21,23,25-29H,10-12,14-19,37H2,1-9H3,(H,39,40)/t21-,23+,25?,26-,27+,28-,29+,32-,33+,34-,35+,36-/m1/s1. The Balaban J connectivity index is 1.59. The maximum absolute atomic E-state index is 13.3. The highest BCUT2D eigenvalue weighted by Gasteiger charge is 2.72. The molecule has 0 aromatic heterocycles. The lowest BCUT2D eigenvalue weighted by Crippen LogP contribution is -2.70. The highest BCUT2D eigenvalue weighted by Crippen LogP contribution is 2.75. The van der Waals surface area contributed by atoms with Crippen molar-refractivity contribution in [3.05, 3.63) is 11.6 Å². The van der Waals surface area contributed by atoms with E-state index in [4.69, 9.17) is 19.9 Å². The van der Waals surface area contributed by atoms with E-state index < -0.39 is 52.9 Å². The third-order valence-electron chi connectivity index (χ3n) is 14.4. The van der Waals surface area contributed by atoms with Crippen LogP contribution >= 0.6 is 0 Å². The second-order valence-corrected chi connectivity index (χ2v) is 16.6. The number of esters is 2. The van der Waals surface area contributed by atoms with Crippen molar-refractivity contribution in [2.45, 2.75) is 126 Å². The van der Waals surface area contributed by atoms with E-state index in [1.165, 1.54) is 12.5 Å². The number of hydrogen-bond donors (Lipinski definition) is 2. The topological polar surface area (TPSA) is 125 Å². The van der Waals surface area contributed by atoms with Crippen LogP contribution in [0.4, 0.5) is 0 Å². The Hall–Kier alpha value is -1.93. The molecule has 0 amide bonds. The van der Waals surface area contributed by atoms with Gasteiger partial charge in [0.25, 0.3) is 0 Å². The number of carboxylic acids is 1. The fourth-order valence-electron chi connectivity index (χ4n) is 11.5. The average Bonchev–Trinajstić information content (AvgIpc) is 2.94. The van der Waals surface area contributed by atoms with Gasteiger partial charge in [0.2, 0.25) is 0 Å². The van der Waals surface area contributed by atoms with E-state index in [0.717, 1.165) is 25.7 Å². The summed E-state index contributed by atoms with van der Waals surface area (Å²) in [6.07, 6.45) is 6.52. The van der Waals surface area contributed by atoms with E-state index in [-0.39, 0.29) is 34.0 Å². The van der Waals surface area contributed by atoms with Crippen LogP contribution in [-0.4, -0.2) is 54.5 Å². The fraction of sp³-hybridized carbons (Fsp3) is 0.861. The first-order valence-corrected chi connectivity index (χ1v) is 17.1. The molecule has 8 nitrogen and oxygen atoms in total. The third-order valence-corrected chi connectivity index (χ3v) is 14.4. The third kappa shape index (κ3) is 4.54. The van der Waals surface area contributed by atoms with Gasteiger partial charge in [-0.3, -0.25) is 14.4 Å². The van der Waals surface area contributed by atoms with Crippen molar-refractivity contribution in [1.82, 2.24) is 0 Å². The minimum atomic E-state index is -0.736. The molecule has 1 aliphatic heterocycles. The molecule has 44 heavy (non-hydrogen) atoms. The van der Waals surface area contributed by atoms with Crippen molar-refractivity contribution in [2.24, 2.45) is 62.4 Å². The van der Waals surface area contributed by atoms with E-state index >= 15 is 0 Å². The Morgan fingerprint density at radius 2 is 1.73 bits per heavy atom. The van der Waals surface area contributed by atoms with Crippen LogP contribution in [0.15, 0.2) is 11.6 Å². The number of allylic oxidation sites excluding steroid dienone is 1. The van der Waals surface area contributed by atoms with Crippen LogP contribution < -0.4 is 5.73 Å². The van der Waals surface area contributed by atoms with Crippen molar-refractivity contribution >= 4 is 17.9 Å². The van der Waals surface area contributed by atoms with Crippen LogP contribution in [0.2, 0.25) is 0 Å². The second-order valence-electron chi connectivity index (χ2n) is 16.6. The molecule has 1 saturated heterocycles. The first kappa shape index (κ1) is 33.4. The number of nitrogens with two attached hydrogens (primary N) is 1. The predicted octanol–water partition coefficient (Wildman–Crippen LogP) is 6.16. The number of ether oxygens (including phenoxy) is 3. The largest absolute Gasteiger partial charge is 0.481 e. The second kappa shape index (κ2) is 11.1. The van der Waals surface area contributed by atoms with Gasteiger partial charge in [0.1, 0.15) is 18.2 Å². The van der Waals surface area contributed by atoms with E-state index in [1.807, 2.05) is 6.92 Å². The molecule has 3 N–H and O–H groups in total. The Labute approximate surface area is 264 Å². The predicted molar refractivity (Wildman–Crippen MR) is 167 cm³/mol.